The molecule has 0 amide bonds. The molecule has 0 radical (unpaired) electrons. The molecule has 0 saturated heterocycles. The largest absolute Gasteiger partial charge is 0.271 e. The monoisotopic (exact) mass is 402 g/mol. The first-order valence-corrected chi connectivity index (χ1v) is 7.72. The Morgan fingerprint density at radius 1 is 1.16 bits per heavy atom. The minimum Gasteiger partial charge on any atom is -0.271 e. The lowest BCUT2D eigenvalue weighted by atomic mass is 9.99. The highest BCUT2D eigenvalue weighted by molar-refractivity contribution is 9.11. The number of hydrogen-bond donors (Lipinski definition) is 2. The molecule has 0 aliphatic rings. The van der Waals surface area contributed by atoms with Crippen molar-refractivity contribution in [2.45, 2.75) is 12.5 Å². The van der Waals surface area contributed by atoms with Crippen LogP contribution in [0.2, 0.25) is 5.02 Å². The molecule has 2 aromatic rings. The Bertz CT molecular complexity index is 575. The van der Waals surface area contributed by atoms with Gasteiger partial charge in [-0.1, -0.05) is 67.7 Å². The summed E-state index contributed by atoms with van der Waals surface area (Å²) in [6.07, 6.45) is 0.733. The molecule has 0 aromatic heterocycles. The Labute approximate surface area is 134 Å². The number of benzene rings is 2. The fraction of sp³-hybridized carbons (Fsp3) is 0.143. The first-order chi connectivity index (χ1) is 9.11. The second-order valence-corrected chi connectivity index (χ2v) is 6.36. The van der Waals surface area contributed by atoms with Gasteiger partial charge in [-0.05, 0) is 35.7 Å². The van der Waals surface area contributed by atoms with Gasteiger partial charge in [0.1, 0.15) is 0 Å². The van der Waals surface area contributed by atoms with E-state index < -0.39 is 0 Å². The third-order valence-electron chi connectivity index (χ3n) is 2.92. The third-order valence-corrected chi connectivity index (χ3v) is 4.47. The highest BCUT2D eigenvalue weighted by atomic mass is 79.9. The topological polar surface area (TPSA) is 38.0 Å². The van der Waals surface area contributed by atoms with E-state index in [9.17, 15) is 0 Å². The van der Waals surface area contributed by atoms with Crippen molar-refractivity contribution in [3.05, 3.63) is 67.6 Å². The molecule has 0 bridgehead atoms. The van der Waals surface area contributed by atoms with E-state index >= 15 is 0 Å². The fourth-order valence-corrected chi connectivity index (χ4v) is 3.46. The van der Waals surface area contributed by atoms with Crippen molar-refractivity contribution in [1.82, 2.24) is 5.43 Å². The van der Waals surface area contributed by atoms with Crippen molar-refractivity contribution in [2.75, 3.05) is 0 Å². The smallest absolute Gasteiger partial charge is 0.0512 e. The van der Waals surface area contributed by atoms with Gasteiger partial charge in [-0.25, -0.2) is 0 Å². The summed E-state index contributed by atoms with van der Waals surface area (Å²) in [4.78, 5) is 0. The molecule has 3 N–H and O–H groups in total. The highest BCUT2D eigenvalue weighted by Crippen LogP contribution is 2.30. The highest BCUT2D eigenvalue weighted by Gasteiger charge is 2.15. The second-order valence-electron chi connectivity index (χ2n) is 4.18. The number of nitrogens with one attached hydrogen (secondary N) is 1. The van der Waals surface area contributed by atoms with E-state index in [-0.39, 0.29) is 6.04 Å². The number of hydrazine groups is 1. The lowest BCUT2D eigenvalue weighted by Gasteiger charge is -2.19. The van der Waals surface area contributed by atoms with Crippen LogP contribution in [0.3, 0.4) is 0 Å². The van der Waals surface area contributed by atoms with Gasteiger partial charge >= 0.3 is 0 Å². The van der Waals surface area contributed by atoms with Gasteiger partial charge < -0.3 is 0 Å². The summed E-state index contributed by atoms with van der Waals surface area (Å²) in [5.41, 5.74) is 5.02. The van der Waals surface area contributed by atoms with Gasteiger partial charge in [0.05, 0.1) is 6.04 Å². The molecule has 0 aliphatic carbocycles. The Morgan fingerprint density at radius 2 is 1.89 bits per heavy atom. The molecule has 2 aromatic carbocycles. The van der Waals surface area contributed by atoms with E-state index in [4.69, 9.17) is 17.4 Å². The van der Waals surface area contributed by atoms with Gasteiger partial charge in [-0.2, -0.15) is 0 Å². The van der Waals surface area contributed by atoms with Crippen molar-refractivity contribution >= 4 is 43.5 Å². The number of halogens is 3. The van der Waals surface area contributed by atoms with E-state index in [2.05, 4.69) is 37.3 Å². The van der Waals surface area contributed by atoms with Gasteiger partial charge in [0.15, 0.2) is 0 Å². The van der Waals surface area contributed by atoms with E-state index in [1.165, 1.54) is 0 Å². The zero-order chi connectivity index (χ0) is 13.8. The molecule has 0 aliphatic heterocycles. The van der Waals surface area contributed by atoms with Crippen molar-refractivity contribution in [1.29, 1.82) is 0 Å². The maximum absolute atomic E-state index is 6.19. The average molecular weight is 405 g/mol. The summed E-state index contributed by atoms with van der Waals surface area (Å²) >= 11 is 13.2. The van der Waals surface area contributed by atoms with Crippen LogP contribution in [-0.4, -0.2) is 0 Å². The van der Waals surface area contributed by atoms with E-state index in [0.717, 1.165) is 31.5 Å². The quantitative estimate of drug-likeness (QED) is 0.577. The molecular formula is C14H13Br2ClN2. The van der Waals surface area contributed by atoms with E-state index in [1.807, 2.05) is 42.5 Å². The van der Waals surface area contributed by atoms with Crippen molar-refractivity contribution in [2.24, 2.45) is 5.84 Å². The lowest BCUT2D eigenvalue weighted by Crippen LogP contribution is -2.29. The van der Waals surface area contributed by atoms with Gasteiger partial charge in [0.2, 0.25) is 0 Å². The van der Waals surface area contributed by atoms with Crippen LogP contribution in [-0.2, 0) is 6.42 Å². The van der Waals surface area contributed by atoms with Crippen LogP contribution in [0.25, 0.3) is 0 Å². The molecule has 2 rings (SSSR count). The second kappa shape index (κ2) is 6.86. The maximum Gasteiger partial charge on any atom is 0.0512 e. The minimum absolute atomic E-state index is 0.00220. The molecule has 1 atom stereocenters. The first-order valence-electron chi connectivity index (χ1n) is 5.76. The molecule has 19 heavy (non-hydrogen) atoms. The number of rotatable bonds is 4. The van der Waals surface area contributed by atoms with Crippen LogP contribution < -0.4 is 11.3 Å². The van der Waals surface area contributed by atoms with Crippen LogP contribution >= 0.6 is 43.5 Å². The summed E-state index contributed by atoms with van der Waals surface area (Å²) in [5.74, 6) is 5.68. The summed E-state index contributed by atoms with van der Waals surface area (Å²) < 4.78 is 2.04. The predicted molar refractivity (Wildman–Crippen MR) is 87.1 cm³/mol. The normalized spacial score (nSPS) is 12.4. The average Bonchev–Trinajstić information content (AvgIpc) is 2.39. The van der Waals surface area contributed by atoms with Crippen LogP contribution in [0.1, 0.15) is 17.2 Å². The molecule has 0 saturated carbocycles. The molecule has 0 heterocycles. The lowest BCUT2D eigenvalue weighted by molar-refractivity contribution is 0.550. The minimum atomic E-state index is 0.00220. The molecule has 1 unspecified atom stereocenters. The Balaban J connectivity index is 2.28. The Morgan fingerprint density at radius 3 is 2.53 bits per heavy atom. The van der Waals surface area contributed by atoms with E-state index in [1.54, 1.807) is 0 Å². The van der Waals surface area contributed by atoms with Gasteiger partial charge in [-0.3, -0.25) is 11.3 Å². The molecule has 5 heteroatoms. The van der Waals surface area contributed by atoms with Crippen LogP contribution in [0.15, 0.2) is 51.4 Å². The fourth-order valence-electron chi connectivity index (χ4n) is 1.93. The van der Waals surface area contributed by atoms with Gasteiger partial charge in [-0.15, -0.1) is 0 Å². The third kappa shape index (κ3) is 3.80. The summed E-state index contributed by atoms with van der Waals surface area (Å²) in [6, 6.07) is 13.8. The molecule has 100 valence electrons. The van der Waals surface area contributed by atoms with Gasteiger partial charge in [0.25, 0.3) is 0 Å². The standard InChI is InChI=1S/C14H13Br2ClN2/c15-10-5-6-11(12(16)8-10)14(19-18)7-9-3-1-2-4-13(9)17/h1-6,8,14,19H,7,18H2. The summed E-state index contributed by atoms with van der Waals surface area (Å²) in [7, 11) is 0. The summed E-state index contributed by atoms with van der Waals surface area (Å²) in [6.45, 7) is 0. The molecule has 0 fully saturated rings. The molecular weight excluding hydrogens is 391 g/mol. The molecule has 2 nitrogen and oxygen atoms in total. The number of hydrogen-bond acceptors (Lipinski definition) is 2. The summed E-state index contributed by atoms with van der Waals surface area (Å²) in [5, 5.41) is 0.760. The number of nitrogens with two attached hydrogens (primary N) is 1. The van der Waals surface area contributed by atoms with E-state index in [0.29, 0.717) is 0 Å². The van der Waals surface area contributed by atoms with Crippen LogP contribution in [0.5, 0.6) is 0 Å². The van der Waals surface area contributed by atoms with Crippen molar-refractivity contribution in [3.8, 4) is 0 Å². The first kappa shape index (κ1) is 15.0. The SMILES string of the molecule is NNC(Cc1ccccc1Cl)c1ccc(Br)cc1Br. The Hall–Kier alpha value is -0.390. The van der Waals surface area contributed by atoms with Crippen molar-refractivity contribution in [3.63, 3.8) is 0 Å². The van der Waals surface area contributed by atoms with Crippen LogP contribution in [0.4, 0.5) is 0 Å². The zero-order valence-corrected chi connectivity index (χ0v) is 14.0. The molecule has 0 spiro atoms. The predicted octanol–water partition coefficient (Wildman–Crippen LogP) is 4.61. The zero-order valence-electron chi connectivity index (χ0n) is 10.0. The van der Waals surface area contributed by atoms with Crippen LogP contribution in [0, 0.1) is 0 Å². The maximum atomic E-state index is 6.19. The van der Waals surface area contributed by atoms with Crippen molar-refractivity contribution < 1.29 is 0 Å². The van der Waals surface area contributed by atoms with Gasteiger partial charge in [0, 0.05) is 14.0 Å². The Kier molecular flexibility index (Phi) is 5.42.